The Morgan fingerprint density at radius 1 is 1.27 bits per heavy atom. The Hall–Kier alpha value is -1.16. The summed E-state index contributed by atoms with van der Waals surface area (Å²) in [5.41, 5.74) is 1.44. The second kappa shape index (κ2) is 5.07. The van der Waals surface area contributed by atoms with Crippen LogP contribution < -0.4 is 9.47 Å². The molecule has 1 aromatic rings. The Kier molecular flexibility index (Phi) is 4.03. The summed E-state index contributed by atoms with van der Waals surface area (Å²) >= 11 is 3.96. The van der Waals surface area contributed by atoms with Crippen LogP contribution in [0.4, 0.5) is 0 Å². The van der Waals surface area contributed by atoms with Crippen LogP contribution in [0.2, 0.25) is 0 Å². The highest BCUT2D eigenvalue weighted by Crippen LogP contribution is 2.28. The number of carbonyl (C=O) groups is 1. The van der Waals surface area contributed by atoms with Crippen LogP contribution in [-0.2, 0) is 0 Å². The van der Waals surface area contributed by atoms with Crippen LogP contribution in [0, 0.1) is 6.92 Å². The first-order valence-corrected chi connectivity index (χ1v) is 5.14. The quantitative estimate of drug-likeness (QED) is 0.631. The van der Waals surface area contributed by atoms with Crippen molar-refractivity contribution in [2.75, 3.05) is 20.0 Å². The van der Waals surface area contributed by atoms with Crippen LogP contribution in [0.3, 0.4) is 0 Å². The van der Waals surface area contributed by atoms with E-state index in [2.05, 4.69) is 12.6 Å². The van der Waals surface area contributed by atoms with Gasteiger partial charge in [-0.1, -0.05) is 0 Å². The molecule has 0 aliphatic carbocycles. The maximum atomic E-state index is 11.6. The van der Waals surface area contributed by atoms with Gasteiger partial charge in [0.1, 0.15) is 11.5 Å². The van der Waals surface area contributed by atoms with Gasteiger partial charge >= 0.3 is 0 Å². The fourth-order valence-corrected chi connectivity index (χ4v) is 1.52. The summed E-state index contributed by atoms with van der Waals surface area (Å²) in [6, 6.07) is 3.47. The van der Waals surface area contributed by atoms with Gasteiger partial charge in [-0.3, -0.25) is 4.79 Å². The Morgan fingerprint density at radius 3 is 2.33 bits per heavy atom. The molecule has 1 aromatic carbocycles. The third-order valence-electron chi connectivity index (χ3n) is 2.16. The van der Waals surface area contributed by atoms with Gasteiger partial charge in [0.15, 0.2) is 5.78 Å². The highest BCUT2D eigenvalue weighted by atomic mass is 32.1. The van der Waals surface area contributed by atoms with Gasteiger partial charge in [0.2, 0.25) is 0 Å². The van der Waals surface area contributed by atoms with Gasteiger partial charge in [-0.15, -0.1) is 0 Å². The van der Waals surface area contributed by atoms with Gasteiger partial charge in [0, 0.05) is 0 Å². The molecule has 82 valence electrons. The van der Waals surface area contributed by atoms with Crippen molar-refractivity contribution in [2.24, 2.45) is 0 Å². The van der Waals surface area contributed by atoms with Crippen LogP contribution in [0.25, 0.3) is 0 Å². The first-order valence-electron chi connectivity index (χ1n) is 4.50. The van der Waals surface area contributed by atoms with Crippen LogP contribution in [-0.4, -0.2) is 25.8 Å². The van der Waals surface area contributed by atoms with Gasteiger partial charge in [-0.2, -0.15) is 12.6 Å². The Morgan fingerprint density at radius 2 is 1.87 bits per heavy atom. The summed E-state index contributed by atoms with van der Waals surface area (Å²) in [6.45, 7) is 1.90. The summed E-state index contributed by atoms with van der Waals surface area (Å²) in [7, 11) is 3.11. The molecular formula is C11H14O3S. The fourth-order valence-electron chi connectivity index (χ4n) is 1.35. The second-order valence-corrected chi connectivity index (χ2v) is 3.42. The molecule has 1 rings (SSSR count). The van der Waals surface area contributed by atoms with Crippen molar-refractivity contribution in [3.05, 3.63) is 23.3 Å². The Balaban J connectivity index is 3.28. The van der Waals surface area contributed by atoms with Crippen LogP contribution in [0.1, 0.15) is 15.9 Å². The zero-order valence-corrected chi connectivity index (χ0v) is 9.93. The van der Waals surface area contributed by atoms with Crippen LogP contribution >= 0.6 is 12.6 Å². The molecule has 0 aliphatic heterocycles. The van der Waals surface area contributed by atoms with Crippen molar-refractivity contribution in [3.63, 3.8) is 0 Å². The lowest BCUT2D eigenvalue weighted by Gasteiger charge is -2.11. The number of benzene rings is 1. The molecule has 3 nitrogen and oxygen atoms in total. The zero-order chi connectivity index (χ0) is 11.4. The minimum atomic E-state index is -0.0755. The number of carbonyl (C=O) groups excluding carboxylic acids is 1. The van der Waals surface area contributed by atoms with E-state index in [1.54, 1.807) is 19.2 Å². The SMILES string of the molecule is COc1cc(C(=O)CS)c(OC)cc1C. The Labute approximate surface area is 94.8 Å². The molecule has 0 fully saturated rings. The topological polar surface area (TPSA) is 35.5 Å². The smallest absolute Gasteiger partial charge is 0.176 e. The molecule has 15 heavy (non-hydrogen) atoms. The predicted molar refractivity (Wildman–Crippen MR) is 62.5 cm³/mol. The molecule has 0 aliphatic rings. The van der Waals surface area contributed by atoms with Crippen molar-refractivity contribution in [2.45, 2.75) is 6.92 Å². The summed E-state index contributed by atoms with van der Waals surface area (Å²) in [5, 5.41) is 0. The molecular weight excluding hydrogens is 212 g/mol. The summed E-state index contributed by atoms with van der Waals surface area (Å²) in [6.07, 6.45) is 0. The molecule has 0 atom stereocenters. The molecule has 0 saturated carbocycles. The normalized spacial score (nSPS) is 9.87. The fraction of sp³-hybridized carbons (Fsp3) is 0.364. The van der Waals surface area contributed by atoms with Crippen molar-refractivity contribution >= 4 is 18.4 Å². The number of Topliss-reactive ketones (excluding diaryl/α,β-unsaturated/α-hetero) is 1. The van der Waals surface area contributed by atoms with Crippen LogP contribution in [0.5, 0.6) is 11.5 Å². The minimum absolute atomic E-state index is 0.0755. The van der Waals surface area contributed by atoms with E-state index in [0.29, 0.717) is 17.1 Å². The molecule has 0 unspecified atom stereocenters. The van der Waals surface area contributed by atoms with Crippen molar-refractivity contribution < 1.29 is 14.3 Å². The predicted octanol–water partition coefficient (Wildman–Crippen LogP) is 2.12. The number of hydrogen-bond donors (Lipinski definition) is 1. The molecule has 0 spiro atoms. The van der Waals surface area contributed by atoms with Crippen molar-refractivity contribution in [3.8, 4) is 11.5 Å². The average molecular weight is 226 g/mol. The van der Waals surface area contributed by atoms with E-state index in [-0.39, 0.29) is 11.5 Å². The highest BCUT2D eigenvalue weighted by molar-refractivity contribution is 7.81. The number of hydrogen-bond acceptors (Lipinski definition) is 4. The summed E-state index contributed by atoms with van der Waals surface area (Å²) in [4.78, 5) is 11.6. The Bertz CT molecular complexity index is 374. The number of methoxy groups -OCH3 is 2. The lowest BCUT2D eigenvalue weighted by molar-refractivity contribution is 0.101. The van der Waals surface area contributed by atoms with Crippen molar-refractivity contribution in [1.29, 1.82) is 0 Å². The van der Waals surface area contributed by atoms with E-state index < -0.39 is 0 Å². The maximum absolute atomic E-state index is 11.6. The van der Waals surface area contributed by atoms with E-state index in [0.717, 1.165) is 5.56 Å². The maximum Gasteiger partial charge on any atom is 0.176 e. The van der Waals surface area contributed by atoms with Crippen LogP contribution in [0.15, 0.2) is 12.1 Å². The molecule has 0 saturated heterocycles. The van der Waals surface area contributed by atoms with E-state index in [9.17, 15) is 4.79 Å². The molecule has 0 N–H and O–H groups in total. The summed E-state index contributed by atoms with van der Waals surface area (Å²) < 4.78 is 10.3. The van der Waals surface area contributed by atoms with Gasteiger partial charge in [-0.05, 0) is 24.6 Å². The number of ketones is 1. The van der Waals surface area contributed by atoms with Gasteiger partial charge in [-0.25, -0.2) is 0 Å². The monoisotopic (exact) mass is 226 g/mol. The number of rotatable bonds is 4. The third-order valence-corrected chi connectivity index (χ3v) is 2.45. The molecule has 0 heterocycles. The zero-order valence-electron chi connectivity index (χ0n) is 9.03. The molecule has 0 amide bonds. The summed E-state index contributed by atoms with van der Waals surface area (Å²) in [5.74, 6) is 1.32. The molecule has 0 bridgehead atoms. The van der Waals surface area contributed by atoms with E-state index in [1.165, 1.54) is 7.11 Å². The van der Waals surface area contributed by atoms with Crippen molar-refractivity contribution in [1.82, 2.24) is 0 Å². The number of ether oxygens (including phenoxy) is 2. The number of thiol groups is 1. The highest BCUT2D eigenvalue weighted by Gasteiger charge is 2.13. The van der Waals surface area contributed by atoms with Gasteiger partial charge in [0.25, 0.3) is 0 Å². The largest absolute Gasteiger partial charge is 0.496 e. The van der Waals surface area contributed by atoms with Gasteiger partial charge in [0.05, 0.1) is 25.5 Å². The third kappa shape index (κ3) is 2.45. The second-order valence-electron chi connectivity index (χ2n) is 3.10. The standard InChI is InChI=1S/C11H14O3S/c1-7-4-11(14-3)8(9(12)6-15)5-10(7)13-2/h4-5,15H,6H2,1-3H3. The molecule has 0 radical (unpaired) electrons. The molecule has 4 heteroatoms. The van der Waals surface area contributed by atoms with Gasteiger partial charge < -0.3 is 9.47 Å². The van der Waals surface area contributed by atoms with E-state index in [4.69, 9.17) is 9.47 Å². The first-order chi connectivity index (χ1) is 7.13. The number of aryl methyl sites for hydroxylation is 1. The van der Waals surface area contributed by atoms with E-state index in [1.807, 2.05) is 6.92 Å². The average Bonchev–Trinajstić information content (AvgIpc) is 2.27. The first kappa shape index (κ1) is 11.9. The lowest BCUT2D eigenvalue weighted by Crippen LogP contribution is -2.04. The minimum Gasteiger partial charge on any atom is -0.496 e. The lowest BCUT2D eigenvalue weighted by atomic mass is 10.1. The van der Waals surface area contributed by atoms with E-state index >= 15 is 0 Å². The molecule has 0 aromatic heterocycles.